The second kappa shape index (κ2) is 17.9. The van der Waals surface area contributed by atoms with E-state index >= 15 is 0 Å². The molecule has 12 N–H and O–H groups in total. The van der Waals surface area contributed by atoms with E-state index in [1.807, 2.05) is 60.7 Å². The number of fused-ring (bicyclic) bond motifs is 2. The number of hydrogen-bond donors (Lipinski definition) is 10. The molecule has 5 saturated carbocycles. The third kappa shape index (κ3) is 8.47. The molecule has 0 saturated heterocycles. The highest BCUT2D eigenvalue weighted by molar-refractivity contribution is 5.94. The van der Waals surface area contributed by atoms with Crippen LogP contribution >= 0.6 is 0 Å². The van der Waals surface area contributed by atoms with Crippen LogP contribution in [0.4, 0.5) is 0 Å². The zero-order chi connectivity index (χ0) is 45.7. The molecule has 7 rings (SSSR count). The first-order valence-corrected chi connectivity index (χ1v) is 22.6. The van der Waals surface area contributed by atoms with Gasteiger partial charge in [-0.25, -0.2) is 0 Å². The van der Waals surface area contributed by atoms with Crippen LogP contribution in [0.15, 0.2) is 60.7 Å². The molecule has 16 heteroatoms. The molecular formula is C47H66N8O8. The smallest absolute Gasteiger partial charge is 0.243 e. The van der Waals surface area contributed by atoms with Crippen LogP contribution in [0, 0.1) is 59.2 Å². The lowest BCUT2D eigenvalue weighted by atomic mass is 9.51. The molecule has 16 atom stereocenters. The van der Waals surface area contributed by atoms with Crippen LogP contribution in [0.1, 0.15) is 59.1 Å². The van der Waals surface area contributed by atoms with Crippen molar-refractivity contribution in [2.75, 3.05) is 13.1 Å². The Morgan fingerprint density at radius 2 is 0.905 bits per heavy atom. The van der Waals surface area contributed by atoms with Gasteiger partial charge in [0.2, 0.25) is 35.4 Å². The predicted molar refractivity (Wildman–Crippen MR) is 233 cm³/mol. The van der Waals surface area contributed by atoms with Crippen LogP contribution < -0.4 is 43.4 Å². The quantitative estimate of drug-likeness (QED) is 0.0725. The molecule has 5 aliphatic rings. The summed E-state index contributed by atoms with van der Waals surface area (Å²) in [5.41, 5.74) is 10.1. The molecule has 0 radical (unpaired) electrons. The van der Waals surface area contributed by atoms with E-state index in [2.05, 4.69) is 31.9 Å². The standard InChI is InChI=1S/C47H66N8O8/c1-22(2)38(44(60)52-24(5)40(48)56)54-42(58)30(17-26-13-9-7-10-14-26)50-20-46(62)34-28-19-29-33-32(28)36(46)37(33)47(63,35(29)34)21-51-31(18-27-15-11-8-12-16-27)43(59)55-39(23(3)4)45(61)53-25(6)41(49)57/h7-16,22-25,28-39,50-51,62-63H,17-21H2,1-6H3,(H2,48,56)(H2,49,57)(H,52,60)(H,53,61)(H,54,58)(H,55,59)/t24-,25-,28?,29?,30-,31-,32?,33?,34?,35?,36?,37?,38-,39-,46?,47?/m0/s1. The molecule has 5 fully saturated rings. The molecule has 10 unspecified atom stereocenters. The van der Waals surface area contributed by atoms with E-state index in [0.29, 0.717) is 0 Å². The van der Waals surface area contributed by atoms with Gasteiger partial charge in [-0.05, 0) is 103 Å². The van der Waals surface area contributed by atoms with Crippen LogP contribution in [-0.2, 0) is 41.6 Å². The molecule has 0 heterocycles. The van der Waals surface area contributed by atoms with Gasteiger partial charge >= 0.3 is 0 Å². The van der Waals surface area contributed by atoms with Gasteiger partial charge in [-0.1, -0.05) is 88.4 Å². The highest BCUT2D eigenvalue weighted by Gasteiger charge is 2.90. The summed E-state index contributed by atoms with van der Waals surface area (Å²) in [5, 5.41) is 43.7. The lowest BCUT2D eigenvalue weighted by Crippen LogP contribution is -2.70. The Bertz CT molecular complexity index is 1910. The van der Waals surface area contributed by atoms with Crippen molar-refractivity contribution in [3.63, 3.8) is 0 Å². The molecule has 0 aliphatic heterocycles. The highest BCUT2D eigenvalue weighted by atomic mass is 16.3. The summed E-state index contributed by atoms with van der Waals surface area (Å²) in [6.45, 7) is 10.4. The number of amides is 6. The summed E-state index contributed by atoms with van der Waals surface area (Å²) >= 11 is 0. The third-order valence-corrected chi connectivity index (χ3v) is 15.3. The van der Waals surface area contributed by atoms with Gasteiger partial charge < -0.3 is 53.6 Å². The molecule has 2 bridgehead atoms. The van der Waals surface area contributed by atoms with Gasteiger partial charge in [-0.3, -0.25) is 28.8 Å². The van der Waals surface area contributed by atoms with E-state index in [4.69, 9.17) is 11.5 Å². The van der Waals surface area contributed by atoms with Gasteiger partial charge in [0, 0.05) is 13.1 Å². The second-order valence-corrected chi connectivity index (χ2v) is 19.8. The van der Waals surface area contributed by atoms with Gasteiger partial charge in [0.25, 0.3) is 0 Å². The second-order valence-electron chi connectivity index (χ2n) is 19.8. The van der Waals surface area contributed by atoms with Gasteiger partial charge in [-0.15, -0.1) is 0 Å². The van der Waals surface area contributed by atoms with E-state index < -0.39 is 82.9 Å². The Morgan fingerprint density at radius 3 is 1.22 bits per heavy atom. The monoisotopic (exact) mass is 871 g/mol. The Balaban J connectivity index is 1.08. The maximum absolute atomic E-state index is 14.2. The van der Waals surface area contributed by atoms with Crippen LogP contribution in [0.2, 0.25) is 0 Å². The summed E-state index contributed by atoms with van der Waals surface area (Å²) in [5.74, 6) is -3.88. The van der Waals surface area contributed by atoms with Crippen LogP contribution in [0.5, 0.6) is 0 Å². The highest BCUT2D eigenvalue weighted by Crippen LogP contribution is 2.87. The zero-order valence-corrected chi connectivity index (χ0v) is 37.0. The minimum Gasteiger partial charge on any atom is -0.388 e. The predicted octanol–water partition coefficient (Wildman–Crippen LogP) is -0.500. The van der Waals surface area contributed by atoms with E-state index in [1.165, 1.54) is 13.8 Å². The van der Waals surface area contributed by atoms with Crippen molar-refractivity contribution >= 4 is 35.4 Å². The lowest BCUT2D eigenvalue weighted by molar-refractivity contribution is -0.212. The number of hydrogen-bond acceptors (Lipinski definition) is 10. The first-order valence-electron chi connectivity index (χ1n) is 22.6. The van der Waals surface area contributed by atoms with E-state index in [9.17, 15) is 39.0 Å². The molecule has 2 aromatic carbocycles. The van der Waals surface area contributed by atoms with Crippen molar-refractivity contribution in [3.8, 4) is 0 Å². The first-order chi connectivity index (χ1) is 29.8. The van der Waals surface area contributed by atoms with E-state index in [-0.39, 0.29) is 85.1 Å². The summed E-state index contributed by atoms with van der Waals surface area (Å²) < 4.78 is 0. The van der Waals surface area contributed by atoms with Crippen LogP contribution in [-0.4, -0.2) is 106 Å². The molecule has 16 nitrogen and oxygen atoms in total. The fourth-order valence-electron chi connectivity index (χ4n) is 12.5. The number of aliphatic hydroxyl groups is 2. The maximum atomic E-state index is 14.2. The van der Waals surface area contributed by atoms with Crippen molar-refractivity contribution in [1.82, 2.24) is 31.9 Å². The number of nitrogens with two attached hydrogens (primary N) is 2. The molecule has 0 aromatic heterocycles. The Morgan fingerprint density at radius 1 is 0.556 bits per heavy atom. The van der Waals surface area contributed by atoms with E-state index in [0.717, 1.165) is 17.5 Å². The molecular weight excluding hydrogens is 805 g/mol. The van der Waals surface area contributed by atoms with Gasteiger partial charge in [0.1, 0.15) is 24.2 Å². The number of primary amides is 2. The SMILES string of the molecule is CC(C)[C@H](NC(=O)[C@H](Cc1ccccc1)NCC1(O)C2C3CC4C5C3C1C5C(O)(CN[C@@H](Cc1ccccc1)C(=O)N[C@H](C(=O)N[C@@H](C)C(N)=O)C(C)C)C42)C(=O)N[C@@H](C)C(N)=O. The van der Waals surface area contributed by atoms with Crippen molar-refractivity contribution in [2.24, 2.45) is 70.6 Å². The molecule has 0 spiro atoms. The fraction of sp³-hybridized carbons (Fsp3) is 0.617. The maximum Gasteiger partial charge on any atom is 0.243 e. The third-order valence-electron chi connectivity index (χ3n) is 15.3. The Hall–Kier alpha value is -4.90. The number of carbonyl (C=O) groups is 6. The van der Waals surface area contributed by atoms with Gasteiger partial charge in [-0.2, -0.15) is 0 Å². The zero-order valence-electron chi connectivity index (χ0n) is 37.0. The number of carbonyl (C=O) groups excluding carboxylic acids is 6. The normalized spacial score (nSPS) is 32.0. The Labute approximate surface area is 369 Å². The fourth-order valence-corrected chi connectivity index (χ4v) is 12.5. The number of rotatable bonds is 22. The van der Waals surface area contributed by atoms with Crippen molar-refractivity contribution in [3.05, 3.63) is 71.8 Å². The number of benzene rings is 2. The minimum absolute atomic E-state index is 0.111. The molecule has 63 heavy (non-hydrogen) atoms. The first kappa shape index (κ1) is 46.1. The van der Waals surface area contributed by atoms with Crippen molar-refractivity contribution in [1.29, 1.82) is 0 Å². The minimum atomic E-state index is -1.21. The summed E-state index contributed by atoms with van der Waals surface area (Å²) in [4.78, 5) is 78.3. The molecule has 342 valence electrons. The summed E-state index contributed by atoms with van der Waals surface area (Å²) in [6.07, 6.45) is 1.48. The number of nitrogens with one attached hydrogen (secondary N) is 6. The van der Waals surface area contributed by atoms with Crippen LogP contribution in [0.25, 0.3) is 0 Å². The van der Waals surface area contributed by atoms with Gasteiger partial charge in [0.15, 0.2) is 0 Å². The van der Waals surface area contributed by atoms with Crippen LogP contribution in [0.3, 0.4) is 0 Å². The van der Waals surface area contributed by atoms with E-state index in [1.54, 1.807) is 27.7 Å². The molecule has 6 amide bonds. The molecule has 2 aromatic rings. The molecule has 5 aliphatic carbocycles. The van der Waals surface area contributed by atoms with Crippen molar-refractivity contribution < 1.29 is 39.0 Å². The average molecular weight is 871 g/mol. The topological polar surface area (TPSA) is 267 Å². The van der Waals surface area contributed by atoms with Gasteiger partial charge in [0.05, 0.1) is 23.3 Å². The van der Waals surface area contributed by atoms with Crippen molar-refractivity contribution in [2.45, 2.75) is 108 Å². The summed E-state index contributed by atoms with van der Waals surface area (Å²) in [6, 6.07) is 13.6. The average Bonchev–Trinajstić information content (AvgIpc) is 3.77. The lowest BCUT2D eigenvalue weighted by Gasteiger charge is -2.58. The largest absolute Gasteiger partial charge is 0.388 e. The summed E-state index contributed by atoms with van der Waals surface area (Å²) in [7, 11) is 0. The Kier molecular flexibility index (Phi) is 13.1.